The van der Waals surface area contributed by atoms with Gasteiger partial charge in [-0.2, -0.15) is 0 Å². The summed E-state index contributed by atoms with van der Waals surface area (Å²) < 4.78 is 5.54. The van der Waals surface area contributed by atoms with Crippen LogP contribution in [0.3, 0.4) is 0 Å². The molecule has 172 valence electrons. The Kier molecular flexibility index (Phi) is 11.6. The third-order valence-electron chi connectivity index (χ3n) is 5.40. The van der Waals surface area contributed by atoms with Gasteiger partial charge in [-0.3, -0.25) is 9.89 Å². The summed E-state index contributed by atoms with van der Waals surface area (Å²) in [5.74, 6) is 1.83. The van der Waals surface area contributed by atoms with E-state index in [0.717, 1.165) is 63.3 Å². The molecule has 0 bridgehead atoms. The summed E-state index contributed by atoms with van der Waals surface area (Å²) in [7, 11) is 1.81. The maximum Gasteiger partial charge on any atom is 0.191 e. The first-order valence-electron chi connectivity index (χ1n) is 10.7. The van der Waals surface area contributed by atoms with Crippen molar-refractivity contribution in [1.29, 1.82) is 0 Å². The molecule has 1 aliphatic rings. The number of aliphatic imine (C=N–C) groups is 1. The average Bonchev–Trinajstić information content (AvgIpc) is 3.33. The second-order valence-electron chi connectivity index (χ2n) is 7.18. The molecular formula is C22H35IN6OS. The molecule has 2 N–H and O–H groups in total. The number of hydrogen-bond acceptors (Lipinski definition) is 6. The Balaban J connectivity index is 0.00000341. The lowest BCUT2D eigenvalue weighted by atomic mass is 10.2. The van der Waals surface area contributed by atoms with Gasteiger partial charge < -0.3 is 20.3 Å². The van der Waals surface area contributed by atoms with Crippen LogP contribution in [0.2, 0.25) is 0 Å². The first-order chi connectivity index (χ1) is 14.7. The Labute approximate surface area is 207 Å². The number of anilines is 1. The molecule has 1 atom stereocenters. The molecule has 0 aliphatic carbocycles. The minimum atomic E-state index is 0. The van der Waals surface area contributed by atoms with E-state index >= 15 is 0 Å². The molecule has 7 nitrogen and oxygen atoms in total. The number of ether oxygens (including phenoxy) is 1. The van der Waals surface area contributed by atoms with Crippen molar-refractivity contribution in [1.82, 2.24) is 20.5 Å². The number of nitrogens with zero attached hydrogens (tertiary/aromatic N) is 4. The van der Waals surface area contributed by atoms with E-state index in [-0.39, 0.29) is 24.0 Å². The van der Waals surface area contributed by atoms with Crippen LogP contribution in [0, 0.1) is 0 Å². The van der Waals surface area contributed by atoms with Gasteiger partial charge in [0, 0.05) is 57.4 Å². The molecule has 3 heterocycles. The Morgan fingerprint density at radius 3 is 2.58 bits per heavy atom. The zero-order valence-corrected chi connectivity index (χ0v) is 21.9. The van der Waals surface area contributed by atoms with Crippen molar-refractivity contribution >= 4 is 47.1 Å². The Morgan fingerprint density at radius 2 is 2.00 bits per heavy atom. The zero-order chi connectivity index (χ0) is 21.2. The second kappa shape index (κ2) is 13.9. The quantitative estimate of drug-likeness (QED) is 0.280. The van der Waals surface area contributed by atoms with Gasteiger partial charge in [0.2, 0.25) is 0 Å². The van der Waals surface area contributed by atoms with Gasteiger partial charge in [0.05, 0.1) is 19.3 Å². The van der Waals surface area contributed by atoms with Gasteiger partial charge in [-0.05, 0) is 36.9 Å². The maximum atomic E-state index is 5.54. The minimum absolute atomic E-state index is 0. The number of rotatable bonds is 9. The highest BCUT2D eigenvalue weighted by Gasteiger charge is 2.23. The lowest BCUT2D eigenvalue weighted by Crippen LogP contribution is -2.46. The van der Waals surface area contributed by atoms with Gasteiger partial charge in [-0.25, -0.2) is 4.98 Å². The highest BCUT2D eigenvalue weighted by atomic mass is 127. The third kappa shape index (κ3) is 7.58. The van der Waals surface area contributed by atoms with Crippen LogP contribution in [0.5, 0.6) is 0 Å². The lowest BCUT2D eigenvalue weighted by Gasteiger charge is -2.34. The van der Waals surface area contributed by atoms with Gasteiger partial charge in [-0.15, -0.1) is 35.3 Å². The maximum absolute atomic E-state index is 5.54. The van der Waals surface area contributed by atoms with E-state index in [0.29, 0.717) is 12.6 Å². The summed E-state index contributed by atoms with van der Waals surface area (Å²) in [4.78, 5) is 15.1. The Bertz CT molecular complexity index is 761. The van der Waals surface area contributed by atoms with Crippen LogP contribution in [0.1, 0.15) is 30.3 Å². The molecule has 9 heteroatoms. The number of hydrogen-bond donors (Lipinski definition) is 2. The summed E-state index contributed by atoms with van der Waals surface area (Å²) in [5, 5.41) is 9.06. The topological polar surface area (TPSA) is 65.0 Å². The highest BCUT2D eigenvalue weighted by molar-refractivity contribution is 14.0. The summed E-state index contributed by atoms with van der Waals surface area (Å²) in [5.41, 5.74) is 1.14. The number of thiophene rings is 1. The Morgan fingerprint density at radius 1 is 1.23 bits per heavy atom. The molecule has 3 rings (SSSR count). The van der Waals surface area contributed by atoms with Gasteiger partial charge >= 0.3 is 0 Å². The number of morpholine rings is 1. The first kappa shape index (κ1) is 25.8. The van der Waals surface area contributed by atoms with Gasteiger partial charge in [-0.1, -0.05) is 12.1 Å². The number of guanidine groups is 1. The fraction of sp³-hybridized carbons (Fsp3) is 0.545. The Hall–Kier alpha value is -1.43. The fourth-order valence-corrected chi connectivity index (χ4v) is 4.50. The van der Waals surface area contributed by atoms with Crippen molar-refractivity contribution in [3.8, 4) is 0 Å². The van der Waals surface area contributed by atoms with E-state index in [1.54, 1.807) is 11.3 Å². The number of pyridine rings is 1. The van der Waals surface area contributed by atoms with Crippen molar-refractivity contribution in [2.75, 3.05) is 57.9 Å². The molecule has 1 saturated heterocycles. The van der Waals surface area contributed by atoms with Crippen LogP contribution < -0.4 is 15.5 Å². The van der Waals surface area contributed by atoms with Crippen molar-refractivity contribution in [3.63, 3.8) is 0 Å². The fourth-order valence-electron chi connectivity index (χ4n) is 3.64. The van der Waals surface area contributed by atoms with Crippen molar-refractivity contribution in [2.45, 2.75) is 26.4 Å². The number of nitrogens with one attached hydrogen (secondary N) is 2. The van der Waals surface area contributed by atoms with E-state index < -0.39 is 0 Å². The van der Waals surface area contributed by atoms with Crippen LogP contribution >= 0.6 is 35.3 Å². The van der Waals surface area contributed by atoms with E-state index in [9.17, 15) is 0 Å². The monoisotopic (exact) mass is 558 g/mol. The first-order valence-corrected chi connectivity index (χ1v) is 11.6. The van der Waals surface area contributed by atoms with E-state index in [1.807, 2.05) is 13.2 Å². The molecule has 2 aromatic heterocycles. The average molecular weight is 559 g/mol. The predicted octanol–water partition coefficient (Wildman–Crippen LogP) is 3.35. The highest BCUT2D eigenvalue weighted by Crippen LogP contribution is 2.25. The van der Waals surface area contributed by atoms with Crippen LogP contribution in [0.15, 0.2) is 40.8 Å². The number of halogens is 1. The van der Waals surface area contributed by atoms with E-state index in [2.05, 4.69) is 73.9 Å². The molecule has 31 heavy (non-hydrogen) atoms. The molecule has 0 amide bonds. The largest absolute Gasteiger partial charge is 0.379 e. The summed E-state index contributed by atoms with van der Waals surface area (Å²) in [6.07, 6.45) is 1.94. The summed E-state index contributed by atoms with van der Waals surface area (Å²) in [6.45, 7) is 11.2. The summed E-state index contributed by atoms with van der Waals surface area (Å²) >= 11 is 1.81. The molecule has 0 radical (unpaired) electrons. The molecule has 2 aromatic rings. The normalized spacial score (nSPS) is 15.8. The van der Waals surface area contributed by atoms with Crippen molar-refractivity contribution < 1.29 is 4.74 Å². The molecule has 0 spiro atoms. The SMILES string of the molecule is CCN(CC)c1ccc(CNC(=NC)NCC(c2cccs2)N2CCOCC2)cn1.I. The van der Waals surface area contributed by atoms with Crippen LogP contribution in [0.4, 0.5) is 5.82 Å². The smallest absolute Gasteiger partial charge is 0.191 e. The molecule has 1 unspecified atom stereocenters. The van der Waals surface area contributed by atoms with Crippen LogP contribution in [-0.4, -0.2) is 68.8 Å². The standard InChI is InChI=1S/C22H34N6OS.HI/c1-4-27(5-2)21-9-8-18(15-24-21)16-25-22(23-3)26-17-19(20-7-6-14-30-20)28-10-12-29-13-11-28;/h6-9,14-15,19H,4-5,10-13,16-17H2,1-3H3,(H2,23,25,26);1H. The van der Waals surface area contributed by atoms with Gasteiger partial charge in [0.1, 0.15) is 5.82 Å². The van der Waals surface area contributed by atoms with Crippen molar-refractivity contribution in [3.05, 3.63) is 46.3 Å². The van der Waals surface area contributed by atoms with Crippen molar-refractivity contribution in [2.24, 2.45) is 4.99 Å². The molecular weight excluding hydrogens is 523 g/mol. The zero-order valence-electron chi connectivity index (χ0n) is 18.7. The molecule has 0 aromatic carbocycles. The van der Waals surface area contributed by atoms with Crippen LogP contribution in [0.25, 0.3) is 0 Å². The van der Waals surface area contributed by atoms with Gasteiger partial charge in [0.15, 0.2) is 5.96 Å². The molecule has 1 aliphatic heterocycles. The molecule has 0 saturated carbocycles. The third-order valence-corrected chi connectivity index (χ3v) is 6.37. The molecule has 1 fully saturated rings. The number of aromatic nitrogens is 1. The summed E-state index contributed by atoms with van der Waals surface area (Å²) in [6, 6.07) is 8.87. The second-order valence-corrected chi connectivity index (χ2v) is 8.16. The predicted molar refractivity (Wildman–Crippen MR) is 141 cm³/mol. The minimum Gasteiger partial charge on any atom is -0.379 e. The van der Waals surface area contributed by atoms with Gasteiger partial charge in [0.25, 0.3) is 0 Å². The van der Waals surface area contributed by atoms with E-state index in [4.69, 9.17) is 4.74 Å². The van der Waals surface area contributed by atoms with E-state index in [1.165, 1.54) is 4.88 Å². The lowest BCUT2D eigenvalue weighted by molar-refractivity contribution is 0.0177. The van der Waals surface area contributed by atoms with Crippen LogP contribution in [-0.2, 0) is 11.3 Å².